The summed E-state index contributed by atoms with van der Waals surface area (Å²) in [4.78, 5) is 23.5. The van der Waals surface area contributed by atoms with Crippen LogP contribution in [0.2, 0.25) is 0 Å². The standard InChI is InChI=1S/C13H16INO2/c1-13(2,3)11(16)8-15-12(17)9-6-4-5-7-10(9)14/h4-7H,8H2,1-3H3,(H,15,17). The molecule has 0 aromatic heterocycles. The summed E-state index contributed by atoms with van der Waals surface area (Å²) in [6, 6.07) is 7.29. The lowest BCUT2D eigenvalue weighted by atomic mass is 9.91. The summed E-state index contributed by atoms with van der Waals surface area (Å²) in [6.07, 6.45) is 0. The van der Waals surface area contributed by atoms with Crippen molar-refractivity contribution in [3.05, 3.63) is 33.4 Å². The zero-order valence-electron chi connectivity index (χ0n) is 10.2. The Hall–Kier alpha value is -0.910. The second kappa shape index (κ2) is 5.62. The monoisotopic (exact) mass is 345 g/mol. The fraction of sp³-hybridized carbons (Fsp3) is 0.385. The van der Waals surface area contributed by atoms with E-state index in [2.05, 4.69) is 27.9 Å². The van der Waals surface area contributed by atoms with Crippen LogP contribution in [0.5, 0.6) is 0 Å². The van der Waals surface area contributed by atoms with Crippen LogP contribution in [-0.2, 0) is 4.79 Å². The molecule has 0 aliphatic rings. The van der Waals surface area contributed by atoms with E-state index in [9.17, 15) is 9.59 Å². The van der Waals surface area contributed by atoms with Crippen LogP contribution < -0.4 is 5.32 Å². The Bertz CT molecular complexity index is 435. The second-order valence-electron chi connectivity index (χ2n) is 4.84. The van der Waals surface area contributed by atoms with E-state index in [-0.39, 0.29) is 18.2 Å². The van der Waals surface area contributed by atoms with Gasteiger partial charge in [0.25, 0.3) is 5.91 Å². The molecule has 17 heavy (non-hydrogen) atoms. The highest BCUT2D eigenvalue weighted by Gasteiger charge is 2.21. The zero-order chi connectivity index (χ0) is 13.1. The van der Waals surface area contributed by atoms with Gasteiger partial charge in [0.15, 0.2) is 5.78 Å². The van der Waals surface area contributed by atoms with Crippen LogP contribution in [0.1, 0.15) is 31.1 Å². The lowest BCUT2D eigenvalue weighted by Crippen LogP contribution is -2.35. The van der Waals surface area contributed by atoms with Gasteiger partial charge in [-0.3, -0.25) is 9.59 Å². The molecule has 4 heteroatoms. The van der Waals surface area contributed by atoms with E-state index >= 15 is 0 Å². The van der Waals surface area contributed by atoms with E-state index in [0.29, 0.717) is 5.56 Å². The highest BCUT2D eigenvalue weighted by atomic mass is 127. The van der Waals surface area contributed by atoms with E-state index < -0.39 is 5.41 Å². The number of nitrogens with one attached hydrogen (secondary N) is 1. The highest BCUT2D eigenvalue weighted by molar-refractivity contribution is 14.1. The normalized spacial score (nSPS) is 11.1. The summed E-state index contributed by atoms with van der Waals surface area (Å²) < 4.78 is 0.880. The van der Waals surface area contributed by atoms with Gasteiger partial charge in [-0.2, -0.15) is 0 Å². The number of amides is 1. The summed E-state index contributed by atoms with van der Waals surface area (Å²) in [5.74, 6) is -0.176. The van der Waals surface area contributed by atoms with E-state index in [1.807, 2.05) is 39.0 Å². The number of ketones is 1. The van der Waals surface area contributed by atoms with Crippen molar-refractivity contribution < 1.29 is 9.59 Å². The van der Waals surface area contributed by atoms with Gasteiger partial charge in [0.1, 0.15) is 0 Å². The predicted molar refractivity (Wildman–Crippen MR) is 76.0 cm³/mol. The maximum Gasteiger partial charge on any atom is 0.252 e. The van der Waals surface area contributed by atoms with Crippen molar-refractivity contribution in [3.63, 3.8) is 0 Å². The summed E-state index contributed by atoms with van der Waals surface area (Å²) in [7, 11) is 0. The summed E-state index contributed by atoms with van der Waals surface area (Å²) >= 11 is 2.10. The van der Waals surface area contributed by atoms with Crippen LogP contribution in [0.25, 0.3) is 0 Å². The number of carbonyl (C=O) groups excluding carboxylic acids is 2. The van der Waals surface area contributed by atoms with Gasteiger partial charge in [0.2, 0.25) is 0 Å². The number of hydrogen-bond donors (Lipinski definition) is 1. The van der Waals surface area contributed by atoms with Crippen molar-refractivity contribution in [1.29, 1.82) is 0 Å². The van der Waals surface area contributed by atoms with Crippen molar-refractivity contribution in [2.75, 3.05) is 6.54 Å². The molecule has 3 nitrogen and oxygen atoms in total. The van der Waals surface area contributed by atoms with Crippen LogP contribution in [0, 0.1) is 8.99 Å². The number of carbonyl (C=O) groups is 2. The van der Waals surface area contributed by atoms with E-state index in [4.69, 9.17) is 0 Å². The predicted octanol–water partition coefficient (Wildman–Crippen LogP) is 2.64. The van der Waals surface area contributed by atoms with Gasteiger partial charge in [-0.15, -0.1) is 0 Å². The summed E-state index contributed by atoms with van der Waals surface area (Å²) in [5, 5.41) is 2.65. The lowest BCUT2D eigenvalue weighted by Gasteiger charge is -2.16. The molecule has 1 aromatic rings. The Morgan fingerprint density at radius 1 is 1.24 bits per heavy atom. The quantitative estimate of drug-likeness (QED) is 0.856. The third-order valence-electron chi connectivity index (χ3n) is 2.36. The van der Waals surface area contributed by atoms with Gasteiger partial charge in [0.05, 0.1) is 12.1 Å². The number of halogens is 1. The number of benzene rings is 1. The highest BCUT2D eigenvalue weighted by Crippen LogP contribution is 2.14. The Morgan fingerprint density at radius 2 is 1.82 bits per heavy atom. The van der Waals surface area contributed by atoms with Gasteiger partial charge in [-0.1, -0.05) is 32.9 Å². The molecule has 0 heterocycles. The van der Waals surface area contributed by atoms with Crippen LogP contribution in [0.3, 0.4) is 0 Å². The van der Waals surface area contributed by atoms with E-state index in [0.717, 1.165) is 3.57 Å². The Balaban J connectivity index is 2.63. The van der Waals surface area contributed by atoms with Gasteiger partial charge in [-0.25, -0.2) is 0 Å². The smallest absolute Gasteiger partial charge is 0.252 e. The van der Waals surface area contributed by atoms with Crippen molar-refractivity contribution in [2.24, 2.45) is 5.41 Å². The van der Waals surface area contributed by atoms with Crippen molar-refractivity contribution >= 4 is 34.3 Å². The van der Waals surface area contributed by atoms with E-state index in [1.165, 1.54) is 0 Å². The minimum absolute atomic E-state index is 0.0248. The molecule has 0 saturated carbocycles. The first-order chi connectivity index (χ1) is 7.82. The first-order valence-electron chi connectivity index (χ1n) is 5.38. The van der Waals surface area contributed by atoms with E-state index in [1.54, 1.807) is 6.07 Å². The Labute approximate surface area is 115 Å². The average molecular weight is 345 g/mol. The molecule has 1 amide bonds. The minimum Gasteiger partial charge on any atom is -0.345 e. The number of hydrogen-bond acceptors (Lipinski definition) is 2. The third kappa shape index (κ3) is 4.11. The molecule has 0 atom stereocenters. The molecule has 0 fully saturated rings. The van der Waals surface area contributed by atoms with Gasteiger partial charge < -0.3 is 5.32 Å². The number of Topliss-reactive ketones (excluding diaryl/α,β-unsaturated/α-hetero) is 1. The van der Waals surface area contributed by atoms with Crippen molar-refractivity contribution in [1.82, 2.24) is 5.32 Å². The fourth-order valence-corrected chi connectivity index (χ4v) is 1.80. The molecule has 1 N–H and O–H groups in total. The second-order valence-corrected chi connectivity index (χ2v) is 6.00. The Kier molecular flexibility index (Phi) is 4.68. The van der Waals surface area contributed by atoms with Crippen LogP contribution in [-0.4, -0.2) is 18.2 Å². The maximum absolute atomic E-state index is 11.8. The zero-order valence-corrected chi connectivity index (χ0v) is 12.4. The molecule has 0 aliphatic heterocycles. The van der Waals surface area contributed by atoms with Gasteiger partial charge in [0, 0.05) is 8.99 Å². The molecule has 0 spiro atoms. The van der Waals surface area contributed by atoms with Gasteiger partial charge >= 0.3 is 0 Å². The largest absolute Gasteiger partial charge is 0.345 e. The lowest BCUT2D eigenvalue weighted by molar-refractivity contribution is -0.125. The summed E-state index contributed by atoms with van der Waals surface area (Å²) in [5.41, 5.74) is 0.187. The van der Waals surface area contributed by atoms with Crippen molar-refractivity contribution in [3.8, 4) is 0 Å². The maximum atomic E-state index is 11.8. The molecule has 0 saturated heterocycles. The molecule has 0 aliphatic carbocycles. The Morgan fingerprint density at radius 3 is 2.35 bits per heavy atom. The van der Waals surface area contributed by atoms with Gasteiger partial charge in [-0.05, 0) is 34.7 Å². The SMILES string of the molecule is CC(C)(C)C(=O)CNC(=O)c1ccccc1I. The van der Waals surface area contributed by atoms with Crippen LogP contribution in [0.15, 0.2) is 24.3 Å². The van der Waals surface area contributed by atoms with Crippen molar-refractivity contribution in [2.45, 2.75) is 20.8 Å². The molecule has 0 bridgehead atoms. The molecule has 1 aromatic carbocycles. The van der Waals surface area contributed by atoms with Crippen LogP contribution in [0.4, 0.5) is 0 Å². The third-order valence-corrected chi connectivity index (χ3v) is 3.31. The topological polar surface area (TPSA) is 46.2 Å². The molecular weight excluding hydrogens is 329 g/mol. The molecule has 1 rings (SSSR count). The number of rotatable bonds is 3. The first kappa shape index (κ1) is 14.2. The molecule has 0 unspecified atom stereocenters. The molecule has 0 radical (unpaired) electrons. The van der Waals surface area contributed by atoms with Crippen LogP contribution >= 0.6 is 22.6 Å². The average Bonchev–Trinajstić information content (AvgIpc) is 2.24. The first-order valence-corrected chi connectivity index (χ1v) is 6.46. The summed E-state index contributed by atoms with van der Waals surface area (Å²) in [6.45, 7) is 5.60. The molecule has 92 valence electrons. The minimum atomic E-state index is -0.420. The fourth-order valence-electron chi connectivity index (χ4n) is 1.17. The molecular formula is C13H16INO2.